The first kappa shape index (κ1) is 27.8. The van der Waals surface area contributed by atoms with Crippen LogP contribution in [0.15, 0.2) is 6.33 Å². The Labute approximate surface area is 206 Å². The molecule has 0 aliphatic heterocycles. The molecule has 4 N–H and O–H groups in total. The second kappa shape index (κ2) is 10.4. The van der Waals surface area contributed by atoms with Crippen LogP contribution in [0.5, 0.6) is 0 Å². The second-order valence-electron chi connectivity index (χ2n) is 10.6. The van der Waals surface area contributed by atoms with E-state index in [1.807, 2.05) is 0 Å². The number of alkyl carbamates (subject to hydrolysis) is 1. The van der Waals surface area contributed by atoms with E-state index in [9.17, 15) is 9.59 Å². The minimum atomic E-state index is -2.08. The van der Waals surface area contributed by atoms with Crippen LogP contribution in [0.25, 0.3) is 11.2 Å². The normalized spacial score (nSPS) is 13.6. The maximum absolute atomic E-state index is 12.9. The summed E-state index contributed by atoms with van der Waals surface area (Å²) in [5, 5.41) is 5.74. The number of halogens is 1. The summed E-state index contributed by atoms with van der Waals surface area (Å²) in [5.41, 5.74) is 5.76. The van der Waals surface area contributed by atoms with Gasteiger partial charge in [0.25, 0.3) is 0 Å². The van der Waals surface area contributed by atoms with Crippen molar-refractivity contribution >= 4 is 49.0 Å². The van der Waals surface area contributed by atoms with Crippen LogP contribution in [-0.2, 0) is 20.5 Å². The molecule has 0 aromatic carbocycles. The zero-order valence-corrected chi connectivity index (χ0v) is 22.9. The molecular formula is C21H36ClN7O4Si. The third-order valence-electron chi connectivity index (χ3n) is 5.46. The van der Waals surface area contributed by atoms with Crippen LogP contribution in [0, 0.1) is 0 Å². The van der Waals surface area contributed by atoms with Crippen LogP contribution in [0.4, 0.5) is 10.7 Å². The smallest absolute Gasteiger partial charge is 0.407 e. The molecule has 11 nitrogen and oxygen atoms in total. The molecule has 0 saturated carbocycles. The molecule has 2 aromatic heterocycles. The number of carbonyl (C=O) groups excluding carboxylic acids is 2. The Kier molecular flexibility index (Phi) is 8.54. The molecule has 0 fully saturated rings. The molecule has 0 spiro atoms. The van der Waals surface area contributed by atoms with Gasteiger partial charge in [0.1, 0.15) is 17.7 Å². The number of nitrogens with two attached hydrogens (primary N) is 1. The highest BCUT2D eigenvalue weighted by atomic mass is 35.5. The predicted octanol–water partition coefficient (Wildman–Crippen LogP) is 3.09. The van der Waals surface area contributed by atoms with Gasteiger partial charge in [-0.2, -0.15) is 9.97 Å². The monoisotopic (exact) mass is 513 g/mol. The van der Waals surface area contributed by atoms with E-state index < -0.39 is 26.1 Å². The minimum Gasteiger partial charge on any atom is -0.444 e. The SMILES string of the molecule is CC(C)(C)OC(=O)NC[C@H](CO[Si](C)(C)C(C)(C)C)NC(=O)Cn1cnc2c(Cl)nc(N)nc21. The highest BCUT2D eigenvalue weighted by Crippen LogP contribution is 2.36. The highest BCUT2D eigenvalue weighted by Gasteiger charge is 2.37. The standard InChI is InChI=1S/C21H36ClN7O4Si/c1-20(2,3)33-19(31)24-9-13(11-32-34(7,8)21(4,5)6)26-14(30)10-29-12-25-15-16(22)27-18(23)28-17(15)29/h12-13H,9-11H2,1-8H3,(H,24,31)(H,26,30)(H2,23,27,28)/t13-/m1/s1. The summed E-state index contributed by atoms with van der Waals surface area (Å²) in [4.78, 5) is 37.2. The number of ether oxygens (including phenoxy) is 1. The number of aromatic nitrogens is 4. The molecule has 0 radical (unpaired) electrons. The first-order chi connectivity index (χ1) is 15.5. The average Bonchev–Trinajstić information content (AvgIpc) is 3.04. The van der Waals surface area contributed by atoms with E-state index in [1.54, 1.807) is 20.8 Å². The number of hydrogen-bond donors (Lipinski definition) is 3. The van der Waals surface area contributed by atoms with E-state index >= 15 is 0 Å². The second-order valence-corrected chi connectivity index (χ2v) is 15.8. The molecule has 0 aliphatic rings. The number of anilines is 1. The van der Waals surface area contributed by atoms with Crippen molar-refractivity contribution in [2.24, 2.45) is 0 Å². The van der Waals surface area contributed by atoms with Gasteiger partial charge in [0, 0.05) is 6.54 Å². The lowest BCUT2D eigenvalue weighted by atomic mass is 10.2. The average molecular weight is 514 g/mol. The largest absolute Gasteiger partial charge is 0.444 e. The molecular weight excluding hydrogens is 478 g/mol. The van der Waals surface area contributed by atoms with Gasteiger partial charge >= 0.3 is 6.09 Å². The quantitative estimate of drug-likeness (QED) is 0.360. The van der Waals surface area contributed by atoms with Crippen molar-refractivity contribution in [2.75, 3.05) is 18.9 Å². The lowest BCUT2D eigenvalue weighted by molar-refractivity contribution is -0.122. The number of nitrogens with zero attached hydrogens (tertiary/aromatic N) is 4. The topological polar surface area (TPSA) is 146 Å². The lowest BCUT2D eigenvalue weighted by Gasteiger charge is -2.37. The lowest BCUT2D eigenvalue weighted by Crippen LogP contribution is -2.51. The van der Waals surface area contributed by atoms with E-state index in [1.165, 1.54) is 10.9 Å². The summed E-state index contributed by atoms with van der Waals surface area (Å²) in [6.07, 6.45) is 0.881. The zero-order valence-electron chi connectivity index (χ0n) is 21.2. The molecule has 0 saturated heterocycles. The number of imidazole rings is 1. The van der Waals surface area contributed by atoms with Crippen molar-refractivity contribution in [1.29, 1.82) is 0 Å². The number of hydrogen-bond acceptors (Lipinski definition) is 8. The van der Waals surface area contributed by atoms with Gasteiger partial charge in [-0.15, -0.1) is 0 Å². The van der Waals surface area contributed by atoms with Gasteiger partial charge in [0.15, 0.2) is 19.1 Å². The van der Waals surface area contributed by atoms with Gasteiger partial charge in [-0.1, -0.05) is 32.4 Å². The first-order valence-electron chi connectivity index (χ1n) is 11.0. The number of nitrogen functional groups attached to an aromatic ring is 1. The zero-order chi connectivity index (χ0) is 25.9. The number of rotatable bonds is 8. The fourth-order valence-corrected chi connectivity index (χ4v) is 3.94. The van der Waals surface area contributed by atoms with Crippen molar-refractivity contribution in [2.45, 2.75) is 77.9 Å². The molecule has 190 valence electrons. The van der Waals surface area contributed by atoms with E-state index in [0.717, 1.165) is 0 Å². The molecule has 2 heterocycles. The third kappa shape index (κ3) is 7.81. The van der Waals surface area contributed by atoms with Crippen LogP contribution in [0.2, 0.25) is 23.3 Å². The van der Waals surface area contributed by atoms with Gasteiger partial charge in [-0.25, -0.2) is 9.78 Å². The summed E-state index contributed by atoms with van der Waals surface area (Å²) < 4.78 is 13.1. The van der Waals surface area contributed by atoms with Crippen LogP contribution in [-0.4, -0.2) is 64.6 Å². The van der Waals surface area contributed by atoms with E-state index in [2.05, 4.69) is 59.5 Å². The molecule has 13 heteroatoms. The Bertz CT molecular complexity index is 1030. The molecule has 2 aromatic rings. The van der Waals surface area contributed by atoms with Crippen molar-refractivity contribution in [1.82, 2.24) is 30.2 Å². The Balaban J connectivity index is 2.11. The van der Waals surface area contributed by atoms with Crippen LogP contribution in [0.3, 0.4) is 0 Å². The Morgan fingerprint density at radius 2 is 1.85 bits per heavy atom. The Hall–Kier alpha value is -2.44. The molecule has 34 heavy (non-hydrogen) atoms. The number of fused-ring (bicyclic) bond motifs is 1. The van der Waals surface area contributed by atoms with Crippen LogP contribution < -0.4 is 16.4 Å². The summed E-state index contributed by atoms with van der Waals surface area (Å²) in [6, 6.07) is -0.479. The van der Waals surface area contributed by atoms with Gasteiger partial charge < -0.3 is 30.1 Å². The Morgan fingerprint density at radius 3 is 2.44 bits per heavy atom. The van der Waals surface area contributed by atoms with Gasteiger partial charge in [0.05, 0.1) is 19.0 Å². The fraction of sp³-hybridized carbons (Fsp3) is 0.667. The summed E-state index contributed by atoms with van der Waals surface area (Å²) in [5.74, 6) is -0.329. The molecule has 0 bridgehead atoms. The maximum atomic E-state index is 12.9. The first-order valence-corrected chi connectivity index (χ1v) is 14.3. The van der Waals surface area contributed by atoms with Crippen molar-refractivity contribution < 1.29 is 18.8 Å². The number of amides is 2. The maximum Gasteiger partial charge on any atom is 0.407 e. The van der Waals surface area contributed by atoms with Crippen LogP contribution in [0.1, 0.15) is 41.5 Å². The Morgan fingerprint density at radius 1 is 1.21 bits per heavy atom. The van der Waals surface area contributed by atoms with Crippen LogP contribution >= 0.6 is 11.6 Å². The molecule has 2 rings (SSSR count). The van der Waals surface area contributed by atoms with Gasteiger partial charge in [-0.3, -0.25) is 4.79 Å². The molecule has 1 atom stereocenters. The highest BCUT2D eigenvalue weighted by molar-refractivity contribution is 6.74. The third-order valence-corrected chi connectivity index (χ3v) is 10.2. The van der Waals surface area contributed by atoms with E-state index in [-0.39, 0.29) is 41.7 Å². The predicted molar refractivity (Wildman–Crippen MR) is 134 cm³/mol. The van der Waals surface area contributed by atoms with Crippen molar-refractivity contribution in [3.63, 3.8) is 0 Å². The summed E-state index contributed by atoms with van der Waals surface area (Å²) in [6.45, 7) is 16.3. The molecule has 0 aliphatic carbocycles. The summed E-state index contributed by atoms with van der Waals surface area (Å²) >= 11 is 6.06. The number of nitrogens with one attached hydrogen (secondary N) is 2. The molecule has 0 unspecified atom stereocenters. The fourth-order valence-electron chi connectivity index (χ4n) is 2.67. The summed E-state index contributed by atoms with van der Waals surface area (Å²) in [7, 11) is -2.08. The van der Waals surface area contributed by atoms with Gasteiger partial charge in [-0.05, 0) is 38.9 Å². The van der Waals surface area contributed by atoms with Crippen molar-refractivity contribution in [3.05, 3.63) is 11.5 Å². The molecule has 2 amide bonds. The van der Waals surface area contributed by atoms with E-state index in [0.29, 0.717) is 11.2 Å². The number of carbonyl (C=O) groups is 2. The van der Waals surface area contributed by atoms with E-state index in [4.69, 9.17) is 26.5 Å². The minimum absolute atomic E-state index is 0.00518. The van der Waals surface area contributed by atoms with Gasteiger partial charge in [0.2, 0.25) is 11.9 Å². The van der Waals surface area contributed by atoms with Crippen molar-refractivity contribution in [3.8, 4) is 0 Å².